The minimum atomic E-state index is -0.924. The molecule has 0 aromatic heterocycles. The van der Waals surface area contributed by atoms with Gasteiger partial charge in [0.25, 0.3) is 0 Å². The van der Waals surface area contributed by atoms with Gasteiger partial charge in [0.1, 0.15) is 0 Å². The van der Waals surface area contributed by atoms with E-state index in [0.717, 1.165) is 0 Å². The molecule has 0 fully saturated rings. The van der Waals surface area contributed by atoms with Gasteiger partial charge in [0.05, 0.1) is 6.21 Å². The summed E-state index contributed by atoms with van der Waals surface area (Å²) in [6.45, 7) is 5.19. The largest absolute Gasteiger partial charge is 0.430 e. The smallest absolute Gasteiger partial charge is 0.333 e. The van der Waals surface area contributed by atoms with E-state index < -0.39 is 6.09 Å². The number of hydrogen-bond acceptors (Lipinski definition) is 3. The van der Waals surface area contributed by atoms with Gasteiger partial charge in [-0.15, -0.1) is 0 Å². The second-order valence-corrected chi connectivity index (χ2v) is 1.49. The summed E-state index contributed by atoms with van der Waals surface area (Å²) < 4.78 is 0. The highest BCUT2D eigenvalue weighted by molar-refractivity contribution is 5.77. The van der Waals surface area contributed by atoms with Crippen LogP contribution in [0.25, 0.3) is 0 Å². The van der Waals surface area contributed by atoms with Gasteiger partial charge in [0.2, 0.25) is 0 Å². The molecule has 0 aromatic rings. The van der Waals surface area contributed by atoms with Crippen molar-refractivity contribution in [2.24, 2.45) is 10.9 Å². The van der Waals surface area contributed by atoms with Crippen molar-refractivity contribution in [2.75, 3.05) is 0 Å². The Bertz CT molecular complexity index is 151. The van der Waals surface area contributed by atoms with Crippen molar-refractivity contribution in [1.29, 1.82) is 0 Å². The van der Waals surface area contributed by atoms with Gasteiger partial charge in [-0.3, -0.25) is 4.84 Å². The van der Waals surface area contributed by atoms with E-state index in [1.54, 1.807) is 6.92 Å². The fourth-order valence-corrected chi connectivity index (χ4v) is 0.168. The van der Waals surface area contributed by atoms with Crippen LogP contribution in [0.1, 0.15) is 6.92 Å². The normalized spacial score (nSPS) is 9.44. The highest BCUT2D eigenvalue weighted by Crippen LogP contribution is 1.80. The third-order valence-corrected chi connectivity index (χ3v) is 0.416. The molecule has 0 radical (unpaired) electrons. The number of carbonyl (C=O) groups excluding carboxylic acids is 1. The summed E-state index contributed by atoms with van der Waals surface area (Å²) in [7, 11) is 0. The maximum Gasteiger partial charge on any atom is 0.430 e. The first-order valence-corrected chi connectivity index (χ1v) is 2.28. The average Bonchev–Trinajstić information content (AvgIpc) is 1.63. The van der Waals surface area contributed by atoms with Crippen molar-refractivity contribution in [3.05, 3.63) is 12.2 Å². The number of amides is 1. The summed E-state index contributed by atoms with van der Waals surface area (Å²) in [6, 6.07) is 0. The Morgan fingerprint density at radius 3 is 2.78 bits per heavy atom. The van der Waals surface area contributed by atoms with E-state index in [2.05, 4.69) is 22.3 Å². The summed E-state index contributed by atoms with van der Waals surface area (Å²) >= 11 is 0. The third kappa shape index (κ3) is 6.68. The molecule has 4 heteroatoms. The molecule has 50 valence electrons. The van der Waals surface area contributed by atoms with E-state index in [-0.39, 0.29) is 0 Å². The van der Waals surface area contributed by atoms with E-state index in [1.165, 1.54) is 6.21 Å². The summed E-state index contributed by atoms with van der Waals surface area (Å²) in [5.41, 5.74) is 5.27. The molecule has 0 rings (SSSR count). The van der Waals surface area contributed by atoms with E-state index in [9.17, 15) is 4.79 Å². The molecular formula is C5H8N2O2. The number of oxime groups is 1. The molecule has 0 unspecified atom stereocenters. The molecule has 0 spiro atoms. The fourth-order valence-electron chi connectivity index (χ4n) is 0.168. The fraction of sp³-hybridized carbons (Fsp3) is 0.200. The Labute approximate surface area is 53.0 Å². The highest BCUT2D eigenvalue weighted by Gasteiger charge is 1.85. The van der Waals surface area contributed by atoms with Crippen LogP contribution in [0, 0.1) is 0 Å². The van der Waals surface area contributed by atoms with Crippen LogP contribution >= 0.6 is 0 Å². The first-order chi connectivity index (χ1) is 4.13. The Morgan fingerprint density at radius 1 is 1.89 bits per heavy atom. The van der Waals surface area contributed by atoms with E-state index in [0.29, 0.717) is 5.57 Å². The second-order valence-electron chi connectivity index (χ2n) is 1.49. The lowest BCUT2D eigenvalue weighted by molar-refractivity contribution is 0.162. The second kappa shape index (κ2) is 3.65. The first kappa shape index (κ1) is 7.68. The zero-order chi connectivity index (χ0) is 7.28. The molecule has 0 aliphatic heterocycles. The topological polar surface area (TPSA) is 64.7 Å². The standard InChI is InChI=1S/C5H8N2O2/c1-4(2)3-7-9-5(6)8/h3H,1H2,2H3,(H2,6,8). The lowest BCUT2D eigenvalue weighted by Crippen LogP contribution is -2.09. The quantitative estimate of drug-likeness (QED) is 0.337. The number of allylic oxidation sites excluding steroid dienone is 1. The van der Waals surface area contributed by atoms with Crippen LogP contribution in [0.5, 0.6) is 0 Å². The van der Waals surface area contributed by atoms with Crippen molar-refractivity contribution >= 4 is 12.3 Å². The summed E-state index contributed by atoms with van der Waals surface area (Å²) in [5, 5.41) is 3.17. The Hall–Kier alpha value is -1.32. The van der Waals surface area contributed by atoms with Crippen LogP contribution in [-0.2, 0) is 4.84 Å². The van der Waals surface area contributed by atoms with Gasteiger partial charge in [0, 0.05) is 0 Å². The molecule has 2 N–H and O–H groups in total. The zero-order valence-corrected chi connectivity index (χ0v) is 5.13. The van der Waals surface area contributed by atoms with Crippen molar-refractivity contribution in [2.45, 2.75) is 6.92 Å². The van der Waals surface area contributed by atoms with Gasteiger partial charge in [-0.25, -0.2) is 4.79 Å². The number of hydrogen-bond donors (Lipinski definition) is 1. The molecule has 0 heterocycles. The summed E-state index contributed by atoms with van der Waals surface area (Å²) in [5.74, 6) is 0. The lowest BCUT2D eigenvalue weighted by Gasteiger charge is -1.86. The predicted octanol–water partition coefficient (Wildman–Crippen LogP) is 0.644. The third-order valence-electron chi connectivity index (χ3n) is 0.416. The molecule has 9 heavy (non-hydrogen) atoms. The SMILES string of the molecule is C=C(C)C=NOC(N)=O. The van der Waals surface area contributed by atoms with Crippen LogP contribution in [-0.4, -0.2) is 12.3 Å². The average molecular weight is 128 g/mol. The maximum atomic E-state index is 9.84. The minimum absolute atomic E-state index is 0.691. The molecule has 0 aliphatic carbocycles. The van der Waals surface area contributed by atoms with E-state index in [1.807, 2.05) is 0 Å². The molecule has 0 aromatic carbocycles. The van der Waals surface area contributed by atoms with Gasteiger partial charge in [-0.05, 0) is 12.5 Å². The molecule has 0 saturated carbocycles. The van der Waals surface area contributed by atoms with Crippen LogP contribution in [0.15, 0.2) is 17.3 Å². The Balaban J connectivity index is 3.48. The number of rotatable bonds is 2. The predicted molar refractivity (Wildman–Crippen MR) is 34.0 cm³/mol. The van der Waals surface area contributed by atoms with E-state index in [4.69, 9.17) is 0 Å². The Morgan fingerprint density at radius 2 is 2.44 bits per heavy atom. The number of carbonyl (C=O) groups is 1. The lowest BCUT2D eigenvalue weighted by atomic mass is 10.4. The first-order valence-electron chi connectivity index (χ1n) is 2.28. The molecule has 0 saturated heterocycles. The molecule has 0 aliphatic rings. The number of primary amides is 1. The molecular weight excluding hydrogens is 120 g/mol. The van der Waals surface area contributed by atoms with Gasteiger partial charge >= 0.3 is 6.09 Å². The molecule has 4 nitrogen and oxygen atoms in total. The molecule has 1 amide bonds. The number of nitrogens with zero attached hydrogens (tertiary/aromatic N) is 1. The van der Waals surface area contributed by atoms with Crippen molar-refractivity contribution in [3.63, 3.8) is 0 Å². The monoisotopic (exact) mass is 128 g/mol. The van der Waals surface area contributed by atoms with Crippen molar-refractivity contribution in [1.82, 2.24) is 0 Å². The zero-order valence-electron chi connectivity index (χ0n) is 5.13. The van der Waals surface area contributed by atoms with Crippen molar-refractivity contribution < 1.29 is 9.63 Å². The van der Waals surface area contributed by atoms with Crippen LogP contribution in [0.2, 0.25) is 0 Å². The Kier molecular flexibility index (Phi) is 3.12. The van der Waals surface area contributed by atoms with Gasteiger partial charge < -0.3 is 5.73 Å². The van der Waals surface area contributed by atoms with Crippen LogP contribution in [0.3, 0.4) is 0 Å². The number of nitrogens with two attached hydrogens (primary N) is 1. The molecule has 0 atom stereocenters. The van der Waals surface area contributed by atoms with Crippen LogP contribution in [0.4, 0.5) is 4.79 Å². The maximum absolute atomic E-state index is 9.84. The van der Waals surface area contributed by atoms with Gasteiger partial charge in [-0.1, -0.05) is 11.7 Å². The van der Waals surface area contributed by atoms with E-state index >= 15 is 0 Å². The summed E-state index contributed by atoms with van der Waals surface area (Å²) in [4.78, 5) is 13.8. The highest BCUT2D eigenvalue weighted by atomic mass is 16.7. The van der Waals surface area contributed by atoms with Gasteiger partial charge in [-0.2, -0.15) is 0 Å². The van der Waals surface area contributed by atoms with Crippen LogP contribution < -0.4 is 5.73 Å². The summed E-state index contributed by atoms with van der Waals surface area (Å²) in [6.07, 6.45) is 0.373. The minimum Gasteiger partial charge on any atom is -0.333 e. The van der Waals surface area contributed by atoms with Crippen molar-refractivity contribution in [3.8, 4) is 0 Å². The molecule has 0 bridgehead atoms. The van der Waals surface area contributed by atoms with Gasteiger partial charge in [0.15, 0.2) is 0 Å².